The van der Waals surface area contributed by atoms with Crippen LogP contribution in [0.25, 0.3) is 0 Å². The largest absolute Gasteiger partial charge is 0.387 e. The zero-order valence-electron chi connectivity index (χ0n) is 13.5. The summed E-state index contributed by atoms with van der Waals surface area (Å²) in [5.74, 6) is 1.12. The van der Waals surface area contributed by atoms with Gasteiger partial charge in [-0.2, -0.15) is 0 Å². The van der Waals surface area contributed by atoms with E-state index < -0.39 is 6.10 Å². The fourth-order valence-corrected chi connectivity index (χ4v) is 3.99. The van der Waals surface area contributed by atoms with Gasteiger partial charge in [-0.15, -0.1) is 0 Å². The van der Waals surface area contributed by atoms with Crippen molar-refractivity contribution in [1.82, 2.24) is 14.9 Å². The quantitative estimate of drug-likeness (QED) is 0.912. The molecule has 0 amide bonds. The number of imidazole rings is 1. The number of fused-ring (bicyclic) bond motifs is 1. The molecule has 1 saturated heterocycles. The lowest BCUT2D eigenvalue weighted by molar-refractivity contribution is 0.104. The number of aliphatic hydroxyl groups excluding tert-OH is 1. The third-order valence-electron chi connectivity index (χ3n) is 5.24. The first-order valence-corrected chi connectivity index (χ1v) is 8.86. The Balaban J connectivity index is 1.49. The van der Waals surface area contributed by atoms with Crippen molar-refractivity contribution < 1.29 is 5.11 Å². The Morgan fingerprint density at radius 3 is 2.83 bits per heavy atom. The van der Waals surface area contributed by atoms with E-state index >= 15 is 0 Å². The molecule has 1 aromatic heterocycles. The Bertz CT molecular complexity index is 628. The van der Waals surface area contributed by atoms with Gasteiger partial charge in [0.2, 0.25) is 0 Å². The van der Waals surface area contributed by atoms with Crippen LogP contribution in [0, 0.1) is 0 Å². The average Bonchev–Trinajstić information content (AvgIpc) is 3.21. The molecule has 2 aliphatic rings. The highest BCUT2D eigenvalue weighted by atomic mass is 16.3. The van der Waals surface area contributed by atoms with Crippen LogP contribution in [-0.2, 0) is 12.8 Å². The fraction of sp³-hybridized carbons (Fsp3) is 0.526. The topological polar surface area (TPSA) is 52.1 Å². The number of nitrogens with zero attached hydrogens (tertiary/aromatic N) is 2. The number of hydrogen-bond donors (Lipinski definition) is 2. The maximum absolute atomic E-state index is 10.5. The lowest BCUT2D eigenvalue weighted by Gasteiger charge is -2.25. The van der Waals surface area contributed by atoms with Crippen molar-refractivity contribution in [2.24, 2.45) is 0 Å². The summed E-state index contributed by atoms with van der Waals surface area (Å²) in [4.78, 5) is 10.9. The van der Waals surface area contributed by atoms with E-state index in [1.165, 1.54) is 30.7 Å². The standard InChI is InChI=1S/C19H25N3O/c23-18(14-7-2-1-3-8-14)13-22-12-6-11-17(22)19-20-15-9-4-5-10-16(15)21-19/h1-3,7-8,17-18,23H,4-6,9-13H2,(H,20,21)/t17-,18-/m1/s1. The highest BCUT2D eigenvalue weighted by Gasteiger charge is 2.31. The van der Waals surface area contributed by atoms with Gasteiger partial charge < -0.3 is 10.1 Å². The van der Waals surface area contributed by atoms with Crippen molar-refractivity contribution in [3.8, 4) is 0 Å². The van der Waals surface area contributed by atoms with Crippen molar-refractivity contribution >= 4 is 0 Å². The number of aryl methyl sites for hydroxylation is 2. The minimum absolute atomic E-state index is 0.332. The Hall–Kier alpha value is -1.65. The summed E-state index contributed by atoms with van der Waals surface area (Å²) < 4.78 is 0. The lowest BCUT2D eigenvalue weighted by atomic mass is 10.0. The van der Waals surface area contributed by atoms with Crippen LogP contribution in [0.2, 0.25) is 0 Å². The van der Waals surface area contributed by atoms with E-state index in [1.807, 2.05) is 30.3 Å². The van der Waals surface area contributed by atoms with Crippen LogP contribution in [-0.4, -0.2) is 33.1 Å². The van der Waals surface area contributed by atoms with Gasteiger partial charge in [-0.05, 0) is 50.6 Å². The summed E-state index contributed by atoms with van der Waals surface area (Å²) in [5.41, 5.74) is 3.63. The van der Waals surface area contributed by atoms with Gasteiger partial charge in [-0.1, -0.05) is 30.3 Å². The number of aromatic amines is 1. The smallest absolute Gasteiger partial charge is 0.124 e. The third kappa shape index (κ3) is 3.06. The molecule has 23 heavy (non-hydrogen) atoms. The minimum atomic E-state index is -0.429. The molecular formula is C19H25N3O. The number of aliphatic hydroxyl groups is 1. The Morgan fingerprint density at radius 2 is 2.00 bits per heavy atom. The van der Waals surface area contributed by atoms with E-state index in [0.717, 1.165) is 37.2 Å². The lowest BCUT2D eigenvalue weighted by Crippen LogP contribution is -2.29. The highest BCUT2D eigenvalue weighted by Crippen LogP contribution is 2.33. The first-order valence-electron chi connectivity index (χ1n) is 8.86. The molecule has 1 aromatic carbocycles. The number of β-amino-alcohol motifs (C(OH)–C–C–N with tert-alkyl or cyclic N) is 1. The SMILES string of the molecule is O[C@H](CN1CCC[C@@H]1c1nc2c([nH]1)CCCC2)c1ccccc1. The van der Waals surface area contributed by atoms with Gasteiger partial charge in [0, 0.05) is 12.2 Å². The first-order chi connectivity index (χ1) is 11.3. The molecule has 2 aromatic rings. The summed E-state index contributed by atoms with van der Waals surface area (Å²) in [7, 11) is 0. The van der Waals surface area contributed by atoms with Crippen molar-refractivity contribution in [3.05, 3.63) is 53.1 Å². The summed E-state index contributed by atoms with van der Waals surface area (Å²) >= 11 is 0. The predicted molar refractivity (Wildman–Crippen MR) is 90.2 cm³/mol. The van der Waals surface area contributed by atoms with Crippen LogP contribution in [0.15, 0.2) is 30.3 Å². The van der Waals surface area contributed by atoms with E-state index in [2.05, 4.69) is 9.88 Å². The van der Waals surface area contributed by atoms with E-state index in [9.17, 15) is 5.11 Å². The molecule has 2 heterocycles. The summed E-state index contributed by atoms with van der Waals surface area (Å²) in [6.07, 6.45) is 6.67. The van der Waals surface area contributed by atoms with Gasteiger partial charge in [0.25, 0.3) is 0 Å². The molecule has 0 saturated carbocycles. The minimum Gasteiger partial charge on any atom is -0.387 e. The second-order valence-electron chi connectivity index (χ2n) is 6.83. The van der Waals surface area contributed by atoms with E-state index in [1.54, 1.807) is 0 Å². The number of H-pyrrole nitrogens is 1. The summed E-state index contributed by atoms with van der Waals surface area (Å²) in [6, 6.07) is 10.3. The highest BCUT2D eigenvalue weighted by molar-refractivity contribution is 5.20. The van der Waals surface area contributed by atoms with Crippen molar-refractivity contribution in [2.45, 2.75) is 50.7 Å². The molecule has 1 aliphatic carbocycles. The van der Waals surface area contributed by atoms with E-state index in [0.29, 0.717) is 12.6 Å². The van der Waals surface area contributed by atoms with Gasteiger partial charge >= 0.3 is 0 Å². The van der Waals surface area contributed by atoms with Crippen LogP contribution in [0.3, 0.4) is 0 Å². The Kier molecular flexibility index (Phi) is 4.19. The number of nitrogens with one attached hydrogen (secondary N) is 1. The molecule has 122 valence electrons. The van der Waals surface area contributed by atoms with Crippen molar-refractivity contribution in [2.75, 3.05) is 13.1 Å². The molecule has 0 bridgehead atoms. The van der Waals surface area contributed by atoms with E-state index in [4.69, 9.17) is 4.98 Å². The van der Waals surface area contributed by atoms with Gasteiger partial charge in [0.05, 0.1) is 17.8 Å². The number of aromatic nitrogens is 2. The maximum atomic E-state index is 10.5. The second kappa shape index (κ2) is 6.46. The molecule has 1 aliphatic heterocycles. The second-order valence-corrected chi connectivity index (χ2v) is 6.83. The van der Waals surface area contributed by atoms with E-state index in [-0.39, 0.29) is 0 Å². The number of likely N-dealkylation sites (tertiary alicyclic amines) is 1. The molecule has 4 heteroatoms. The Labute approximate surface area is 137 Å². The first kappa shape index (κ1) is 14.9. The zero-order valence-corrected chi connectivity index (χ0v) is 13.5. The average molecular weight is 311 g/mol. The third-order valence-corrected chi connectivity index (χ3v) is 5.24. The number of benzene rings is 1. The van der Waals surface area contributed by atoms with Gasteiger partial charge in [-0.25, -0.2) is 4.98 Å². The molecule has 1 fully saturated rings. The van der Waals surface area contributed by atoms with Crippen LogP contribution < -0.4 is 0 Å². The fourth-order valence-electron chi connectivity index (χ4n) is 3.99. The molecule has 2 N–H and O–H groups in total. The molecule has 0 unspecified atom stereocenters. The summed E-state index contributed by atoms with van der Waals surface area (Å²) in [5, 5.41) is 10.5. The molecule has 2 atom stereocenters. The van der Waals surface area contributed by atoms with Crippen molar-refractivity contribution in [1.29, 1.82) is 0 Å². The summed E-state index contributed by atoms with van der Waals surface area (Å²) in [6.45, 7) is 1.72. The zero-order chi connectivity index (χ0) is 15.6. The van der Waals surface area contributed by atoms with Crippen LogP contribution in [0.4, 0.5) is 0 Å². The van der Waals surface area contributed by atoms with Crippen LogP contribution in [0.5, 0.6) is 0 Å². The normalized spacial score (nSPS) is 22.9. The van der Waals surface area contributed by atoms with Crippen LogP contribution in [0.1, 0.15) is 60.6 Å². The molecule has 0 spiro atoms. The maximum Gasteiger partial charge on any atom is 0.124 e. The molecular weight excluding hydrogens is 286 g/mol. The number of rotatable bonds is 4. The molecule has 0 radical (unpaired) electrons. The van der Waals surface area contributed by atoms with Gasteiger partial charge in [0.15, 0.2) is 0 Å². The van der Waals surface area contributed by atoms with Gasteiger partial charge in [0.1, 0.15) is 5.82 Å². The van der Waals surface area contributed by atoms with Crippen molar-refractivity contribution in [3.63, 3.8) is 0 Å². The molecule has 4 nitrogen and oxygen atoms in total. The van der Waals surface area contributed by atoms with Crippen LogP contribution >= 0.6 is 0 Å². The molecule has 4 rings (SSSR count). The Morgan fingerprint density at radius 1 is 1.17 bits per heavy atom. The van der Waals surface area contributed by atoms with Gasteiger partial charge in [-0.3, -0.25) is 4.90 Å². The predicted octanol–water partition coefficient (Wildman–Crippen LogP) is 3.16. The monoisotopic (exact) mass is 311 g/mol. The number of hydrogen-bond acceptors (Lipinski definition) is 3.